The van der Waals surface area contributed by atoms with Gasteiger partial charge in [0.1, 0.15) is 17.1 Å². The number of likely N-dealkylation sites (tertiary alicyclic amines) is 1. The van der Waals surface area contributed by atoms with Crippen LogP contribution in [0.1, 0.15) is 33.6 Å². The summed E-state index contributed by atoms with van der Waals surface area (Å²) in [4.78, 5) is 27.3. The first-order chi connectivity index (χ1) is 12.5. The van der Waals surface area contributed by atoms with Gasteiger partial charge in [-0.15, -0.1) is 0 Å². The van der Waals surface area contributed by atoms with Gasteiger partial charge in [0.05, 0.1) is 31.2 Å². The molecule has 2 aliphatic rings. The second-order valence-corrected chi connectivity index (χ2v) is 7.56. The molecule has 1 atom stereocenters. The van der Waals surface area contributed by atoms with Crippen LogP contribution in [-0.2, 0) is 0 Å². The second-order valence-electron chi connectivity index (χ2n) is 6.70. The molecule has 5 nitrogen and oxygen atoms in total. The molecule has 2 aromatic carbocycles. The molecule has 134 valence electrons. The van der Waals surface area contributed by atoms with Gasteiger partial charge < -0.3 is 14.4 Å². The summed E-state index contributed by atoms with van der Waals surface area (Å²) in [5, 5.41) is 0. The van der Waals surface area contributed by atoms with Crippen LogP contribution in [-0.4, -0.2) is 42.4 Å². The van der Waals surface area contributed by atoms with Crippen molar-refractivity contribution in [2.45, 2.75) is 18.4 Å². The standard InChI is InChI=1S/C20H18BrNO4/c1-25-13-6-7-18-15(10-13)17(23)11-20(26-18)8-9-22(12-20)19(24)14-4-2-3-5-16(14)21/h2-7,10H,8-9,11-12H2,1H3. The summed E-state index contributed by atoms with van der Waals surface area (Å²) in [6.45, 7) is 0.976. The number of fused-ring (bicyclic) bond motifs is 1. The highest BCUT2D eigenvalue weighted by Gasteiger charge is 2.47. The molecule has 2 aromatic rings. The average Bonchev–Trinajstić information content (AvgIpc) is 3.04. The fourth-order valence-corrected chi connectivity index (χ4v) is 4.11. The molecule has 0 aromatic heterocycles. The summed E-state index contributed by atoms with van der Waals surface area (Å²) >= 11 is 3.43. The van der Waals surface area contributed by atoms with Crippen molar-refractivity contribution >= 4 is 27.6 Å². The summed E-state index contributed by atoms with van der Waals surface area (Å²) in [5.41, 5.74) is 0.526. The maximum absolute atomic E-state index is 12.8. The van der Waals surface area contributed by atoms with Crippen LogP contribution in [0.15, 0.2) is 46.9 Å². The lowest BCUT2D eigenvalue weighted by Gasteiger charge is -2.34. The summed E-state index contributed by atoms with van der Waals surface area (Å²) in [6.07, 6.45) is 0.910. The minimum absolute atomic E-state index is 0.0281. The van der Waals surface area contributed by atoms with E-state index in [1.807, 2.05) is 18.2 Å². The van der Waals surface area contributed by atoms with Crippen molar-refractivity contribution in [1.29, 1.82) is 0 Å². The molecule has 0 radical (unpaired) electrons. The zero-order valence-electron chi connectivity index (χ0n) is 14.3. The van der Waals surface area contributed by atoms with E-state index in [-0.39, 0.29) is 18.1 Å². The van der Waals surface area contributed by atoms with Gasteiger partial charge >= 0.3 is 0 Å². The van der Waals surface area contributed by atoms with E-state index >= 15 is 0 Å². The van der Waals surface area contributed by atoms with Gasteiger partial charge in [0.25, 0.3) is 5.91 Å². The van der Waals surface area contributed by atoms with Crippen molar-refractivity contribution in [2.24, 2.45) is 0 Å². The van der Waals surface area contributed by atoms with E-state index in [4.69, 9.17) is 9.47 Å². The number of hydrogen-bond acceptors (Lipinski definition) is 4. The van der Waals surface area contributed by atoms with Gasteiger partial charge in [0.15, 0.2) is 5.78 Å². The number of ketones is 1. The van der Waals surface area contributed by atoms with Crippen molar-refractivity contribution in [3.05, 3.63) is 58.1 Å². The molecular formula is C20H18BrNO4. The maximum Gasteiger partial charge on any atom is 0.255 e. The third-order valence-electron chi connectivity index (χ3n) is 5.00. The Morgan fingerprint density at radius 3 is 2.85 bits per heavy atom. The minimum atomic E-state index is -0.643. The largest absolute Gasteiger partial charge is 0.497 e. The number of methoxy groups -OCH3 is 1. The number of amides is 1. The van der Waals surface area contributed by atoms with Crippen LogP contribution in [0.5, 0.6) is 11.5 Å². The molecule has 1 amide bonds. The molecule has 0 bridgehead atoms. The van der Waals surface area contributed by atoms with Crippen molar-refractivity contribution < 1.29 is 19.1 Å². The Morgan fingerprint density at radius 2 is 2.08 bits per heavy atom. The number of hydrogen-bond donors (Lipinski definition) is 0. The van der Waals surface area contributed by atoms with E-state index < -0.39 is 5.60 Å². The van der Waals surface area contributed by atoms with Gasteiger partial charge in [-0.3, -0.25) is 9.59 Å². The summed E-state index contributed by atoms with van der Waals surface area (Å²) < 4.78 is 12.2. The van der Waals surface area contributed by atoms with E-state index in [2.05, 4.69) is 15.9 Å². The van der Waals surface area contributed by atoms with Crippen molar-refractivity contribution in [3.8, 4) is 11.5 Å². The first-order valence-electron chi connectivity index (χ1n) is 8.45. The number of carbonyl (C=O) groups is 2. The third-order valence-corrected chi connectivity index (χ3v) is 5.70. The molecule has 0 N–H and O–H groups in total. The molecule has 1 fully saturated rings. The van der Waals surface area contributed by atoms with Crippen LogP contribution in [0, 0.1) is 0 Å². The molecule has 2 heterocycles. The molecular weight excluding hydrogens is 398 g/mol. The average molecular weight is 416 g/mol. The van der Waals surface area contributed by atoms with E-state index in [1.165, 1.54) is 0 Å². The summed E-state index contributed by atoms with van der Waals surface area (Å²) in [6, 6.07) is 12.6. The molecule has 1 saturated heterocycles. The summed E-state index contributed by atoms with van der Waals surface area (Å²) in [5.74, 6) is 1.18. The Morgan fingerprint density at radius 1 is 1.27 bits per heavy atom. The Bertz CT molecular complexity index is 897. The van der Waals surface area contributed by atoms with Crippen LogP contribution in [0.4, 0.5) is 0 Å². The monoisotopic (exact) mass is 415 g/mol. The van der Waals surface area contributed by atoms with Crippen LogP contribution in [0.25, 0.3) is 0 Å². The number of carbonyl (C=O) groups excluding carboxylic acids is 2. The highest BCUT2D eigenvalue weighted by atomic mass is 79.9. The fraction of sp³-hybridized carbons (Fsp3) is 0.300. The van der Waals surface area contributed by atoms with Crippen LogP contribution >= 0.6 is 15.9 Å². The second kappa shape index (κ2) is 6.43. The normalized spacial score (nSPS) is 21.5. The van der Waals surface area contributed by atoms with Crippen molar-refractivity contribution in [1.82, 2.24) is 4.90 Å². The number of halogens is 1. The minimum Gasteiger partial charge on any atom is -0.497 e. The number of ether oxygens (including phenoxy) is 2. The molecule has 2 aliphatic heterocycles. The number of nitrogens with zero attached hydrogens (tertiary/aromatic N) is 1. The number of benzene rings is 2. The lowest BCUT2D eigenvalue weighted by atomic mass is 9.89. The van der Waals surface area contributed by atoms with Crippen LogP contribution in [0.2, 0.25) is 0 Å². The zero-order chi connectivity index (χ0) is 18.3. The number of Topliss-reactive ketones (excluding diaryl/α,β-unsaturated/α-hetero) is 1. The molecule has 4 rings (SSSR count). The van der Waals surface area contributed by atoms with Crippen LogP contribution in [0.3, 0.4) is 0 Å². The summed E-state index contributed by atoms with van der Waals surface area (Å²) in [7, 11) is 1.57. The molecule has 6 heteroatoms. The van der Waals surface area contributed by atoms with Gasteiger partial charge in [-0.25, -0.2) is 0 Å². The van der Waals surface area contributed by atoms with Crippen LogP contribution < -0.4 is 9.47 Å². The van der Waals surface area contributed by atoms with E-state index in [0.29, 0.717) is 42.1 Å². The highest BCUT2D eigenvalue weighted by molar-refractivity contribution is 9.10. The third kappa shape index (κ3) is 2.88. The van der Waals surface area contributed by atoms with Gasteiger partial charge in [-0.1, -0.05) is 12.1 Å². The lowest BCUT2D eigenvalue weighted by molar-refractivity contribution is 0.0427. The lowest BCUT2D eigenvalue weighted by Crippen LogP contribution is -2.45. The first kappa shape index (κ1) is 17.1. The highest BCUT2D eigenvalue weighted by Crippen LogP contribution is 2.40. The molecule has 0 saturated carbocycles. The topological polar surface area (TPSA) is 55.8 Å². The van der Waals surface area contributed by atoms with Gasteiger partial charge in [-0.05, 0) is 46.3 Å². The maximum atomic E-state index is 12.8. The smallest absolute Gasteiger partial charge is 0.255 e. The Balaban J connectivity index is 1.57. The van der Waals surface area contributed by atoms with Gasteiger partial charge in [0.2, 0.25) is 0 Å². The van der Waals surface area contributed by atoms with Gasteiger partial charge in [-0.2, -0.15) is 0 Å². The molecule has 1 spiro atoms. The quantitative estimate of drug-likeness (QED) is 0.749. The number of rotatable bonds is 2. The Hall–Kier alpha value is -2.34. The van der Waals surface area contributed by atoms with Crippen molar-refractivity contribution in [2.75, 3.05) is 20.2 Å². The van der Waals surface area contributed by atoms with E-state index in [0.717, 1.165) is 4.47 Å². The van der Waals surface area contributed by atoms with Gasteiger partial charge in [0, 0.05) is 17.4 Å². The molecule has 26 heavy (non-hydrogen) atoms. The van der Waals surface area contributed by atoms with E-state index in [1.54, 1.807) is 36.3 Å². The predicted molar refractivity (Wildman–Crippen MR) is 100.0 cm³/mol. The van der Waals surface area contributed by atoms with Crippen molar-refractivity contribution in [3.63, 3.8) is 0 Å². The first-order valence-corrected chi connectivity index (χ1v) is 9.25. The fourth-order valence-electron chi connectivity index (χ4n) is 3.65. The predicted octanol–water partition coefficient (Wildman–Crippen LogP) is 3.71. The van der Waals surface area contributed by atoms with E-state index in [9.17, 15) is 9.59 Å². The molecule has 0 aliphatic carbocycles. The molecule has 1 unspecified atom stereocenters. The Kier molecular flexibility index (Phi) is 4.23. The zero-order valence-corrected chi connectivity index (χ0v) is 15.9. The SMILES string of the molecule is COc1ccc2c(c1)C(=O)CC1(CCN(C(=O)c3ccccc3Br)C1)O2. The Labute approximate surface area is 160 Å².